The van der Waals surface area contributed by atoms with Crippen LogP contribution in [-0.2, 0) is 4.74 Å². The van der Waals surface area contributed by atoms with Gasteiger partial charge in [0.15, 0.2) is 0 Å². The lowest BCUT2D eigenvalue weighted by Gasteiger charge is -2.49. The van der Waals surface area contributed by atoms with Gasteiger partial charge in [-0.25, -0.2) is 0 Å². The highest BCUT2D eigenvalue weighted by Gasteiger charge is 2.44. The quantitative estimate of drug-likeness (QED) is 0.734. The maximum Gasteiger partial charge on any atom is 0.0469 e. The van der Waals surface area contributed by atoms with Gasteiger partial charge in [0, 0.05) is 25.8 Å². The van der Waals surface area contributed by atoms with E-state index in [9.17, 15) is 0 Å². The maximum absolute atomic E-state index is 6.48. The Labute approximate surface area is 92.7 Å². The molecule has 1 heterocycles. The van der Waals surface area contributed by atoms with Gasteiger partial charge in [0.25, 0.3) is 0 Å². The number of ether oxygens (including phenoxy) is 1. The second-order valence-corrected chi connectivity index (χ2v) is 5.22. The lowest BCUT2D eigenvalue weighted by atomic mass is 9.60. The molecular weight excluding hydrogens is 188 g/mol. The zero-order valence-electron chi connectivity index (χ0n) is 9.80. The van der Waals surface area contributed by atoms with Crippen LogP contribution in [0, 0.1) is 11.3 Å². The number of rotatable bonds is 4. The van der Waals surface area contributed by atoms with Crippen molar-refractivity contribution >= 4 is 0 Å². The Morgan fingerprint density at radius 1 is 1.40 bits per heavy atom. The van der Waals surface area contributed by atoms with Crippen LogP contribution in [0.3, 0.4) is 0 Å². The highest BCUT2D eigenvalue weighted by atomic mass is 16.5. The summed E-state index contributed by atoms with van der Waals surface area (Å²) in [5, 5.41) is 3.32. The van der Waals surface area contributed by atoms with E-state index in [0.29, 0.717) is 17.4 Å². The topological polar surface area (TPSA) is 47.3 Å². The summed E-state index contributed by atoms with van der Waals surface area (Å²) in [6, 6.07) is 0.377. The minimum absolute atomic E-state index is 0.377. The third-order valence-electron chi connectivity index (χ3n) is 4.36. The monoisotopic (exact) mass is 212 g/mol. The molecule has 0 aromatic rings. The molecule has 88 valence electrons. The van der Waals surface area contributed by atoms with Crippen molar-refractivity contribution in [3.05, 3.63) is 0 Å². The molecule has 0 radical (unpaired) electrons. The van der Waals surface area contributed by atoms with Gasteiger partial charge in [-0.05, 0) is 44.1 Å². The molecule has 3 N–H and O–H groups in total. The minimum Gasteiger partial charge on any atom is -0.381 e. The lowest BCUT2D eigenvalue weighted by Crippen LogP contribution is -2.56. The van der Waals surface area contributed by atoms with Crippen LogP contribution in [0.1, 0.15) is 32.1 Å². The minimum atomic E-state index is 0.377. The van der Waals surface area contributed by atoms with Gasteiger partial charge in [-0.2, -0.15) is 0 Å². The van der Waals surface area contributed by atoms with E-state index in [0.717, 1.165) is 32.6 Å². The van der Waals surface area contributed by atoms with E-state index in [1.807, 2.05) is 7.05 Å². The van der Waals surface area contributed by atoms with Crippen molar-refractivity contribution in [2.45, 2.75) is 38.1 Å². The van der Waals surface area contributed by atoms with Gasteiger partial charge in [0.2, 0.25) is 0 Å². The van der Waals surface area contributed by atoms with Crippen LogP contribution < -0.4 is 11.1 Å². The summed E-state index contributed by atoms with van der Waals surface area (Å²) in [6.07, 6.45) is 6.30. The van der Waals surface area contributed by atoms with E-state index in [1.165, 1.54) is 19.3 Å². The summed E-state index contributed by atoms with van der Waals surface area (Å²) in [5.41, 5.74) is 6.88. The summed E-state index contributed by atoms with van der Waals surface area (Å²) < 4.78 is 5.40. The third-order valence-corrected chi connectivity index (χ3v) is 4.36. The van der Waals surface area contributed by atoms with Gasteiger partial charge in [0.05, 0.1) is 0 Å². The van der Waals surface area contributed by atoms with Crippen LogP contribution in [0.25, 0.3) is 0 Å². The first-order chi connectivity index (χ1) is 7.28. The van der Waals surface area contributed by atoms with Crippen LogP contribution in [-0.4, -0.2) is 32.8 Å². The first-order valence-electron chi connectivity index (χ1n) is 6.26. The SMILES string of the molecule is CNCC1(C(N)C2CCOCC2)CCC1. The molecule has 2 rings (SSSR count). The van der Waals surface area contributed by atoms with Crippen molar-refractivity contribution in [1.82, 2.24) is 5.32 Å². The van der Waals surface area contributed by atoms with Gasteiger partial charge in [0.1, 0.15) is 0 Å². The third kappa shape index (κ3) is 2.19. The lowest BCUT2D eigenvalue weighted by molar-refractivity contribution is 0.00666. The summed E-state index contributed by atoms with van der Waals surface area (Å²) in [5.74, 6) is 0.687. The molecule has 0 bridgehead atoms. The second-order valence-electron chi connectivity index (χ2n) is 5.22. The molecule has 0 aromatic carbocycles. The van der Waals surface area contributed by atoms with Crippen molar-refractivity contribution in [1.29, 1.82) is 0 Å². The van der Waals surface area contributed by atoms with Crippen LogP contribution in [0.15, 0.2) is 0 Å². The fraction of sp³-hybridized carbons (Fsp3) is 1.00. The molecule has 1 aliphatic carbocycles. The van der Waals surface area contributed by atoms with Crippen molar-refractivity contribution < 1.29 is 4.74 Å². The van der Waals surface area contributed by atoms with Gasteiger partial charge < -0.3 is 15.8 Å². The van der Waals surface area contributed by atoms with E-state index < -0.39 is 0 Å². The van der Waals surface area contributed by atoms with Crippen LogP contribution in [0.5, 0.6) is 0 Å². The molecule has 2 aliphatic rings. The molecule has 15 heavy (non-hydrogen) atoms. The Morgan fingerprint density at radius 3 is 2.53 bits per heavy atom. The Hall–Kier alpha value is -0.120. The molecule has 1 atom stereocenters. The standard InChI is InChI=1S/C12H24N2O/c1-14-9-12(5-2-6-12)11(13)10-3-7-15-8-4-10/h10-11,14H,2-9,13H2,1H3. The first kappa shape index (κ1) is 11.4. The van der Waals surface area contributed by atoms with E-state index in [4.69, 9.17) is 10.5 Å². The van der Waals surface area contributed by atoms with Crippen LogP contribution in [0.4, 0.5) is 0 Å². The summed E-state index contributed by atoms with van der Waals surface area (Å²) in [6.45, 7) is 2.91. The molecule has 1 saturated heterocycles. The fourth-order valence-electron chi connectivity index (χ4n) is 3.19. The number of nitrogens with one attached hydrogen (secondary N) is 1. The van der Waals surface area contributed by atoms with Crippen molar-refractivity contribution in [3.8, 4) is 0 Å². The van der Waals surface area contributed by atoms with E-state index >= 15 is 0 Å². The van der Waals surface area contributed by atoms with E-state index in [2.05, 4.69) is 5.32 Å². The zero-order chi connectivity index (χ0) is 10.7. The highest BCUT2D eigenvalue weighted by molar-refractivity contribution is 5.00. The van der Waals surface area contributed by atoms with Gasteiger partial charge >= 0.3 is 0 Å². The molecule has 3 nitrogen and oxygen atoms in total. The average molecular weight is 212 g/mol. The number of hydrogen-bond donors (Lipinski definition) is 2. The predicted molar refractivity (Wildman–Crippen MR) is 61.7 cm³/mol. The first-order valence-corrected chi connectivity index (χ1v) is 6.26. The van der Waals surface area contributed by atoms with Crippen molar-refractivity contribution in [2.24, 2.45) is 17.1 Å². The Morgan fingerprint density at radius 2 is 2.07 bits per heavy atom. The van der Waals surface area contributed by atoms with Gasteiger partial charge in [-0.3, -0.25) is 0 Å². The Kier molecular flexibility index (Phi) is 3.65. The molecular formula is C12H24N2O. The molecule has 1 unspecified atom stereocenters. The Balaban J connectivity index is 1.94. The molecule has 0 aromatic heterocycles. The smallest absolute Gasteiger partial charge is 0.0469 e. The molecule has 1 aliphatic heterocycles. The maximum atomic E-state index is 6.48. The zero-order valence-corrected chi connectivity index (χ0v) is 9.80. The predicted octanol–water partition coefficient (Wildman–Crippen LogP) is 1.13. The normalized spacial score (nSPS) is 28.4. The van der Waals surface area contributed by atoms with Crippen molar-refractivity contribution in [2.75, 3.05) is 26.8 Å². The van der Waals surface area contributed by atoms with Crippen LogP contribution >= 0.6 is 0 Å². The number of hydrogen-bond acceptors (Lipinski definition) is 3. The second kappa shape index (κ2) is 4.81. The summed E-state index contributed by atoms with van der Waals surface area (Å²) in [7, 11) is 2.04. The largest absolute Gasteiger partial charge is 0.381 e. The molecule has 3 heteroatoms. The number of nitrogens with two attached hydrogens (primary N) is 1. The van der Waals surface area contributed by atoms with E-state index in [1.54, 1.807) is 0 Å². The van der Waals surface area contributed by atoms with Crippen LogP contribution in [0.2, 0.25) is 0 Å². The van der Waals surface area contributed by atoms with Crippen molar-refractivity contribution in [3.63, 3.8) is 0 Å². The highest BCUT2D eigenvalue weighted by Crippen LogP contribution is 2.46. The summed E-state index contributed by atoms with van der Waals surface area (Å²) in [4.78, 5) is 0. The molecule has 0 spiro atoms. The Bertz CT molecular complexity index is 198. The van der Waals surface area contributed by atoms with E-state index in [-0.39, 0.29) is 0 Å². The molecule has 2 fully saturated rings. The fourth-order valence-corrected chi connectivity index (χ4v) is 3.19. The molecule has 0 amide bonds. The molecule has 1 saturated carbocycles. The van der Waals surface area contributed by atoms with Gasteiger partial charge in [-0.15, -0.1) is 0 Å². The van der Waals surface area contributed by atoms with Gasteiger partial charge in [-0.1, -0.05) is 6.42 Å². The summed E-state index contributed by atoms with van der Waals surface area (Å²) >= 11 is 0. The average Bonchev–Trinajstić information content (AvgIpc) is 2.24.